The van der Waals surface area contributed by atoms with Crippen molar-refractivity contribution in [1.29, 1.82) is 0 Å². The lowest BCUT2D eigenvalue weighted by Gasteiger charge is -1.94. The highest BCUT2D eigenvalue weighted by Gasteiger charge is 2.07. The van der Waals surface area contributed by atoms with E-state index in [0.717, 1.165) is 17.4 Å². The van der Waals surface area contributed by atoms with Crippen molar-refractivity contribution in [2.24, 2.45) is 0 Å². The largest absolute Gasteiger partial charge is 0.478 e. The van der Waals surface area contributed by atoms with E-state index in [1.54, 1.807) is 7.11 Å². The molecule has 0 saturated carbocycles. The van der Waals surface area contributed by atoms with Gasteiger partial charge in [0.1, 0.15) is 0 Å². The quantitative estimate of drug-likeness (QED) is 0.706. The molecule has 0 fully saturated rings. The van der Waals surface area contributed by atoms with E-state index < -0.39 is 0 Å². The zero-order valence-electron chi connectivity index (χ0n) is 7.70. The number of aromatic nitrogens is 1. The van der Waals surface area contributed by atoms with Gasteiger partial charge in [0.05, 0.1) is 12.5 Å². The molecule has 0 aliphatic carbocycles. The minimum Gasteiger partial charge on any atom is -0.478 e. The van der Waals surface area contributed by atoms with Gasteiger partial charge in [0.15, 0.2) is 5.58 Å². The number of methoxy groups -OCH3 is 1. The third-order valence-corrected chi connectivity index (χ3v) is 2.10. The normalized spacial score (nSPS) is 10.6. The fourth-order valence-corrected chi connectivity index (χ4v) is 1.33. The standard InChI is InChI=1S/C10H11NO2/c1-3-7-4-5-8-9(6-7)13-11-10(8)12-2/h4-6H,3H2,1-2H3. The summed E-state index contributed by atoms with van der Waals surface area (Å²) < 4.78 is 10.1. The SMILES string of the molecule is CCc1ccc2c(OC)noc2c1. The van der Waals surface area contributed by atoms with Crippen molar-refractivity contribution in [3.63, 3.8) is 0 Å². The van der Waals surface area contributed by atoms with Gasteiger partial charge in [-0.05, 0) is 29.3 Å². The Morgan fingerprint density at radius 1 is 1.46 bits per heavy atom. The van der Waals surface area contributed by atoms with Gasteiger partial charge in [0.2, 0.25) is 0 Å². The van der Waals surface area contributed by atoms with Crippen molar-refractivity contribution >= 4 is 11.0 Å². The van der Waals surface area contributed by atoms with Crippen LogP contribution in [0.4, 0.5) is 0 Å². The Labute approximate surface area is 76.3 Å². The average Bonchev–Trinajstić information content (AvgIpc) is 2.59. The smallest absolute Gasteiger partial charge is 0.261 e. The van der Waals surface area contributed by atoms with Crippen LogP contribution in [-0.2, 0) is 6.42 Å². The predicted molar refractivity (Wildman–Crippen MR) is 49.9 cm³/mol. The van der Waals surface area contributed by atoms with Crippen molar-refractivity contribution < 1.29 is 9.26 Å². The van der Waals surface area contributed by atoms with E-state index in [9.17, 15) is 0 Å². The molecule has 0 N–H and O–H groups in total. The Balaban J connectivity index is 2.61. The topological polar surface area (TPSA) is 35.3 Å². The molecule has 2 rings (SSSR count). The number of fused-ring (bicyclic) bond motifs is 1. The highest BCUT2D eigenvalue weighted by molar-refractivity contribution is 5.82. The van der Waals surface area contributed by atoms with E-state index in [4.69, 9.17) is 9.26 Å². The summed E-state index contributed by atoms with van der Waals surface area (Å²) in [4.78, 5) is 0. The van der Waals surface area contributed by atoms with Crippen LogP contribution in [0, 0.1) is 0 Å². The summed E-state index contributed by atoms with van der Waals surface area (Å²) in [6.45, 7) is 2.11. The second-order valence-electron chi connectivity index (χ2n) is 2.88. The molecule has 1 aromatic heterocycles. The zero-order valence-corrected chi connectivity index (χ0v) is 7.70. The summed E-state index contributed by atoms with van der Waals surface area (Å²) in [5, 5.41) is 4.72. The minimum absolute atomic E-state index is 0.553. The van der Waals surface area contributed by atoms with E-state index >= 15 is 0 Å². The second kappa shape index (κ2) is 3.09. The highest BCUT2D eigenvalue weighted by atomic mass is 16.5. The monoisotopic (exact) mass is 177 g/mol. The summed E-state index contributed by atoms with van der Waals surface area (Å²) in [6.07, 6.45) is 0.999. The van der Waals surface area contributed by atoms with Crippen molar-refractivity contribution in [2.45, 2.75) is 13.3 Å². The van der Waals surface area contributed by atoms with Gasteiger partial charge in [-0.3, -0.25) is 0 Å². The van der Waals surface area contributed by atoms with Crippen LogP contribution in [0.5, 0.6) is 5.88 Å². The molecular formula is C10H11NO2. The maximum atomic E-state index is 5.11. The number of hydrogen-bond acceptors (Lipinski definition) is 3. The molecule has 0 radical (unpaired) electrons. The van der Waals surface area contributed by atoms with E-state index in [1.807, 2.05) is 12.1 Å². The van der Waals surface area contributed by atoms with Gasteiger partial charge in [-0.25, -0.2) is 0 Å². The maximum absolute atomic E-state index is 5.11. The van der Waals surface area contributed by atoms with E-state index in [0.29, 0.717) is 5.88 Å². The van der Waals surface area contributed by atoms with Crippen LogP contribution in [0.2, 0.25) is 0 Å². The molecule has 1 aromatic carbocycles. The molecule has 0 amide bonds. The molecule has 0 aliphatic rings. The van der Waals surface area contributed by atoms with Crippen LogP contribution in [0.1, 0.15) is 12.5 Å². The van der Waals surface area contributed by atoms with Gasteiger partial charge >= 0.3 is 0 Å². The Morgan fingerprint density at radius 3 is 3.00 bits per heavy atom. The molecule has 0 atom stereocenters. The molecule has 3 nitrogen and oxygen atoms in total. The summed E-state index contributed by atoms with van der Waals surface area (Å²) >= 11 is 0. The number of hydrogen-bond donors (Lipinski definition) is 0. The van der Waals surface area contributed by atoms with Gasteiger partial charge in [-0.15, -0.1) is 0 Å². The molecule has 0 unspecified atom stereocenters. The average molecular weight is 177 g/mol. The van der Waals surface area contributed by atoms with Crippen LogP contribution in [-0.4, -0.2) is 12.3 Å². The Kier molecular flexibility index (Phi) is 1.93. The molecule has 0 bridgehead atoms. The third-order valence-electron chi connectivity index (χ3n) is 2.10. The fourth-order valence-electron chi connectivity index (χ4n) is 1.33. The van der Waals surface area contributed by atoms with Crippen LogP contribution in [0.15, 0.2) is 22.7 Å². The first kappa shape index (κ1) is 8.10. The van der Waals surface area contributed by atoms with Crippen molar-refractivity contribution in [1.82, 2.24) is 5.16 Å². The summed E-state index contributed by atoms with van der Waals surface area (Å²) in [5.74, 6) is 0.553. The Hall–Kier alpha value is -1.51. The molecule has 0 saturated heterocycles. The number of ether oxygens (including phenoxy) is 1. The lowest BCUT2D eigenvalue weighted by molar-refractivity contribution is 0.350. The van der Waals surface area contributed by atoms with Gasteiger partial charge in [-0.1, -0.05) is 13.0 Å². The fraction of sp³-hybridized carbons (Fsp3) is 0.300. The second-order valence-corrected chi connectivity index (χ2v) is 2.88. The zero-order chi connectivity index (χ0) is 9.26. The lowest BCUT2D eigenvalue weighted by atomic mass is 10.1. The molecule has 13 heavy (non-hydrogen) atoms. The molecule has 0 spiro atoms. The number of rotatable bonds is 2. The van der Waals surface area contributed by atoms with Crippen molar-refractivity contribution in [3.8, 4) is 5.88 Å². The molecule has 3 heteroatoms. The maximum Gasteiger partial charge on any atom is 0.261 e. The van der Waals surface area contributed by atoms with E-state index in [2.05, 4.69) is 18.1 Å². The summed E-state index contributed by atoms with van der Waals surface area (Å²) in [5.41, 5.74) is 2.03. The third kappa shape index (κ3) is 1.26. The molecule has 0 aliphatic heterocycles. The molecule has 1 heterocycles. The Morgan fingerprint density at radius 2 is 2.31 bits per heavy atom. The molecular weight excluding hydrogens is 166 g/mol. The minimum atomic E-state index is 0.553. The highest BCUT2D eigenvalue weighted by Crippen LogP contribution is 2.25. The molecule has 68 valence electrons. The van der Waals surface area contributed by atoms with Crippen LogP contribution < -0.4 is 4.74 Å². The van der Waals surface area contributed by atoms with Crippen LogP contribution >= 0.6 is 0 Å². The van der Waals surface area contributed by atoms with Gasteiger partial charge < -0.3 is 9.26 Å². The Bertz CT molecular complexity index is 420. The predicted octanol–water partition coefficient (Wildman–Crippen LogP) is 2.40. The summed E-state index contributed by atoms with van der Waals surface area (Å²) in [6, 6.07) is 6.02. The van der Waals surface area contributed by atoms with Gasteiger partial charge in [-0.2, -0.15) is 0 Å². The van der Waals surface area contributed by atoms with E-state index in [-0.39, 0.29) is 0 Å². The first-order chi connectivity index (χ1) is 6.35. The first-order valence-corrected chi connectivity index (χ1v) is 4.27. The van der Waals surface area contributed by atoms with E-state index in [1.165, 1.54) is 5.56 Å². The van der Waals surface area contributed by atoms with Gasteiger partial charge in [0.25, 0.3) is 5.88 Å². The van der Waals surface area contributed by atoms with Crippen molar-refractivity contribution in [2.75, 3.05) is 7.11 Å². The molecule has 2 aromatic rings. The number of nitrogens with zero attached hydrogens (tertiary/aromatic N) is 1. The first-order valence-electron chi connectivity index (χ1n) is 4.27. The van der Waals surface area contributed by atoms with Gasteiger partial charge in [0, 0.05) is 0 Å². The lowest BCUT2D eigenvalue weighted by Crippen LogP contribution is -1.82. The number of benzene rings is 1. The van der Waals surface area contributed by atoms with Crippen molar-refractivity contribution in [3.05, 3.63) is 23.8 Å². The van der Waals surface area contributed by atoms with Crippen LogP contribution in [0.3, 0.4) is 0 Å². The summed E-state index contributed by atoms with van der Waals surface area (Å²) in [7, 11) is 1.59. The van der Waals surface area contributed by atoms with Crippen LogP contribution in [0.25, 0.3) is 11.0 Å². The number of aryl methyl sites for hydroxylation is 1.